The minimum absolute atomic E-state index is 0.159. The molecule has 0 N–H and O–H groups in total. The van der Waals surface area contributed by atoms with Gasteiger partial charge in [0.25, 0.3) is 0 Å². The highest BCUT2D eigenvalue weighted by Crippen LogP contribution is 2.56. The van der Waals surface area contributed by atoms with Crippen LogP contribution >= 0.6 is 0 Å². The van der Waals surface area contributed by atoms with Crippen LogP contribution < -0.4 is 0 Å². The smallest absolute Gasteiger partial charge is 0.146 e. The standard InChI is InChI=1S/C28H38O2/c29-26(23-12-6-10-20-8-4-5-9-21(20)18-23)15-7-11-22-19-25(22)27(30)28(16-17-28)24-13-2-1-3-14-24/h1-3,13-14,20-23,25H,4-12,15-19H2. The third-order valence-electron chi connectivity index (χ3n) is 9.04. The SMILES string of the molecule is O=C(CCCC1CC1C(=O)C1(c2ccccc2)CC1)C1CCCC2CCCCC2C1. The number of fused-ring (bicyclic) bond motifs is 1. The van der Waals surface area contributed by atoms with E-state index >= 15 is 0 Å². The van der Waals surface area contributed by atoms with Gasteiger partial charge in [-0.15, -0.1) is 0 Å². The molecule has 5 atom stereocenters. The number of carbonyl (C=O) groups excluding carboxylic acids is 2. The van der Waals surface area contributed by atoms with Gasteiger partial charge in [0.2, 0.25) is 0 Å². The molecule has 4 fully saturated rings. The van der Waals surface area contributed by atoms with E-state index in [0.29, 0.717) is 23.4 Å². The van der Waals surface area contributed by atoms with E-state index in [-0.39, 0.29) is 11.3 Å². The molecule has 0 amide bonds. The number of carbonyl (C=O) groups is 2. The lowest BCUT2D eigenvalue weighted by Crippen LogP contribution is -2.23. The summed E-state index contributed by atoms with van der Waals surface area (Å²) in [6, 6.07) is 10.4. The second kappa shape index (κ2) is 8.60. The molecule has 4 aliphatic carbocycles. The summed E-state index contributed by atoms with van der Waals surface area (Å²) in [6.45, 7) is 0. The van der Waals surface area contributed by atoms with Gasteiger partial charge in [-0.2, -0.15) is 0 Å². The Morgan fingerprint density at radius 1 is 0.867 bits per heavy atom. The molecule has 5 rings (SSSR count). The molecule has 1 aromatic rings. The number of hydrogen-bond donors (Lipinski definition) is 0. The Morgan fingerprint density at radius 2 is 1.60 bits per heavy atom. The Labute approximate surface area is 182 Å². The highest BCUT2D eigenvalue weighted by molar-refractivity contribution is 5.96. The first-order valence-electron chi connectivity index (χ1n) is 12.8. The molecule has 0 bridgehead atoms. The van der Waals surface area contributed by atoms with Gasteiger partial charge in [-0.3, -0.25) is 9.59 Å². The molecule has 4 aliphatic rings. The summed E-state index contributed by atoms with van der Waals surface area (Å²) in [5.74, 6) is 3.92. The minimum atomic E-state index is -0.159. The van der Waals surface area contributed by atoms with Gasteiger partial charge in [-0.1, -0.05) is 68.9 Å². The van der Waals surface area contributed by atoms with Gasteiger partial charge in [-0.05, 0) is 68.3 Å². The predicted octanol–water partition coefficient (Wildman–Crippen LogP) is 6.66. The molecule has 5 unspecified atom stereocenters. The molecule has 0 radical (unpaired) electrons. The molecule has 0 heterocycles. The van der Waals surface area contributed by atoms with Crippen molar-refractivity contribution in [2.45, 2.75) is 95.3 Å². The summed E-state index contributed by atoms with van der Waals surface area (Å²) in [7, 11) is 0. The molecule has 0 aromatic heterocycles. The molecule has 0 aliphatic heterocycles. The van der Waals surface area contributed by atoms with Crippen molar-refractivity contribution in [1.82, 2.24) is 0 Å². The maximum Gasteiger partial charge on any atom is 0.146 e. The summed E-state index contributed by atoms with van der Waals surface area (Å²) in [4.78, 5) is 26.1. The average Bonchev–Trinajstić information content (AvgIpc) is 3.68. The van der Waals surface area contributed by atoms with E-state index in [9.17, 15) is 9.59 Å². The molecule has 4 saturated carbocycles. The number of ketones is 2. The zero-order valence-electron chi connectivity index (χ0n) is 18.5. The van der Waals surface area contributed by atoms with Gasteiger partial charge >= 0.3 is 0 Å². The van der Waals surface area contributed by atoms with E-state index in [0.717, 1.165) is 56.8 Å². The van der Waals surface area contributed by atoms with Gasteiger partial charge in [0, 0.05) is 18.3 Å². The summed E-state index contributed by atoms with van der Waals surface area (Å²) >= 11 is 0. The Hall–Kier alpha value is -1.44. The molecule has 1 aromatic carbocycles. The molecule has 2 nitrogen and oxygen atoms in total. The number of hydrogen-bond acceptors (Lipinski definition) is 2. The van der Waals surface area contributed by atoms with Crippen LogP contribution in [0.15, 0.2) is 30.3 Å². The Bertz CT molecular complexity index is 762. The van der Waals surface area contributed by atoms with Crippen molar-refractivity contribution in [1.29, 1.82) is 0 Å². The highest BCUT2D eigenvalue weighted by Gasteiger charge is 2.57. The minimum Gasteiger partial charge on any atom is -0.299 e. The van der Waals surface area contributed by atoms with Crippen molar-refractivity contribution in [3.8, 4) is 0 Å². The normalized spacial score (nSPS) is 34.5. The van der Waals surface area contributed by atoms with Crippen molar-refractivity contribution >= 4 is 11.6 Å². The van der Waals surface area contributed by atoms with Crippen LogP contribution in [0, 0.1) is 29.6 Å². The average molecular weight is 407 g/mol. The van der Waals surface area contributed by atoms with Crippen LogP contribution in [0.2, 0.25) is 0 Å². The lowest BCUT2D eigenvalue weighted by atomic mass is 9.75. The first-order chi connectivity index (χ1) is 14.7. The fourth-order valence-corrected chi connectivity index (χ4v) is 6.92. The molecule has 2 heteroatoms. The largest absolute Gasteiger partial charge is 0.299 e. The Morgan fingerprint density at radius 3 is 2.37 bits per heavy atom. The van der Waals surface area contributed by atoms with Crippen LogP contribution in [0.5, 0.6) is 0 Å². The van der Waals surface area contributed by atoms with Gasteiger partial charge in [0.05, 0.1) is 5.41 Å². The van der Waals surface area contributed by atoms with E-state index in [4.69, 9.17) is 0 Å². The third-order valence-corrected chi connectivity index (χ3v) is 9.04. The monoisotopic (exact) mass is 406 g/mol. The van der Waals surface area contributed by atoms with Crippen LogP contribution in [0.1, 0.15) is 95.5 Å². The molecular formula is C28H38O2. The van der Waals surface area contributed by atoms with Crippen LogP contribution in [0.3, 0.4) is 0 Å². The van der Waals surface area contributed by atoms with Crippen LogP contribution in [0.25, 0.3) is 0 Å². The van der Waals surface area contributed by atoms with Crippen molar-refractivity contribution in [2.24, 2.45) is 29.6 Å². The van der Waals surface area contributed by atoms with E-state index < -0.39 is 0 Å². The van der Waals surface area contributed by atoms with Crippen molar-refractivity contribution in [2.75, 3.05) is 0 Å². The molecule has 162 valence electrons. The molecule has 0 saturated heterocycles. The fourth-order valence-electron chi connectivity index (χ4n) is 6.92. The van der Waals surface area contributed by atoms with Crippen LogP contribution in [-0.4, -0.2) is 11.6 Å². The first-order valence-corrected chi connectivity index (χ1v) is 12.8. The molecular weight excluding hydrogens is 368 g/mol. The summed E-state index contributed by atoms with van der Waals surface area (Å²) in [6.07, 6.45) is 16.4. The second-order valence-electron chi connectivity index (χ2n) is 10.9. The Kier molecular flexibility index (Phi) is 5.86. The van der Waals surface area contributed by atoms with Gasteiger partial charge in [0.15, 0.2) is 0 Å². The van der Waals surface area contributed by atoms with Crippen LogP contribution in [-0.2, 0) is 15.0 Å². The maximum atomic E-state index is 13.1. The van der Waals surface area contributed by atoms with Crippen LogP contribution in [0.4, 0.5) is 0 Å². The van der Waals surface area contributed by atoms with E-state index in [1.807, 2.05) is 6.07 Å². The summed E-state index contributed by atoms with van der Waals surface area (Å²) < 4.78 is 0. The Balaban J connectivity index is 1.07. The number of Topliss-reactive ketones (excluding diaryl/α,β-unsaturated/α-hetero) is 2. The topological polar surface area (TPSA) is 34.1 Å². The van der Waals surface area contributed by atoms with Crippen molar-refractivity contribution in [3.05, 3.63) is 35.9 Å². The van der Waals surface area contributed by atoms with Crippen molar-refractivity contribution in [3.63, 3.8) is 0 Å². The van der Waals surface area contributed by atoms with Gasteiger partial charge < -0.3 is 0 Å². The van der Waals surface area contributed by atoms with E-state index in [1.54, 1.807) is 0 Å². The summed E-state index contributed by atoms with van der Waals surface area (Å²) in [5, 5.41) is 0. The zero-order chi connectivity index (χ0) is 20.6. The van der Waals surface area contributed by atoms with Gasteiger partial charge in [-0.25, -0.2) is 0 Å². The second-order valence-corrected chi connectivity index (χ2v) is 10.9. The van der Waals surface area contributed by atoms with E-state index in [2.05, 4.69) is 24.3 Å². The third kappa shape index (κ3) is 4.16. The number of benzene rings is 1. The predicted molar refractivity (Wildman–Crippen MR) is 120 cm³/mol. The summed E-state index contributed by atoms with van der Waals surface area (Å²) in [5.41, 5.74) is 1.07. The van der Waals surface area contributed by atoms with E-state index in [1.165, 1.54) is 50.5 Å². The number of rotatable bonds is 8. The zero-order valence-corrected chi connectivity index (χ0v) is 18.5. The van der Waals surface area contributed by atoms with Crippen molar-refractivity contribution < 1.29 is 9.59 Å². The lowest BCUT2D eigenvalue weighted by molar-refractivity contribution is -0.123. The maximum absolute atomic E-state index is 13.1. The fraction of sp³-hybridized carbons (Fsp3) is 0.714. The van der Waals surface area contributed by atoms with Gasteiger partial charge in [0.1, 0.15) is 11.6 Å². The molecule has 0 spiro atoms. The lowest BCUT2D eigenvalue weighted by Gasteiger charge is -2.30. The quantitative estimate of drug-likeness (QED) is 0.484. The first kappa shape index (κ1) is 20.5. The highest BCUT2D eigenvalue weighted by atomic mass is 16.1. The molecule has 30 heavy (non-hydrogen) atoms.